The van der Waals surface area contributed by atoms with E-state index in [4.69, 9.17) is 9.47 Å². The molecule has 21 heavy (non-hydrogen) atoms. The highest BCUT2D eigenvalue weighted by molar-refractivity contribution is 7.89. The van der Waals surface area contributed by atoms with Gasteiger partial charge in [-0.2, -0.15) is 4.31 Å². The lowest BCUT2D eigenvalue weighted by Crippen LogP contribution is -2.55. The first kappa shape index (κ1) is 16.4. The largest absolute Gasteiger partial charge is 0.382 e. The van der Waals surface area contributed by atoms with Crippen molar-refractivity contribution in [3.63, 3.8) is 0 Å². The van der Waals surface area contributed by atoms with E-state index in [-0.39, 0.29) is 30.7 Å². The van der Waals surface area contributed by atoms with E-state index in [2.05, 4.69) is 0 Å². The van der Waals surface area contributed by atoms with Gasteiger partial charge in [0.15, 0.2) is 0 Å². The minimum Gasteiger partial charge on any atom is -0.382 e. The van der Waals surface area contributed by atoms with Crippen LogP contribution in [0.15, 0.2) is 29.2 Å². The summed E-state index contributed by atoms with van der Waals surface area (Å²) in [7, 11) is -2.36. The van der Waals surface area contributed by atoms with Gasteiger partial charge in [0.1, 0.15) is 10.7 Å². The summed E-state index contributed by atoms with van der Waals surface area (Å²) in [6.07, 6.45) is -0.375. The van der Waals surface area contributed by atoms with Crippen LogP contribution in [-0.4, -0.2) is 51.2 Å². The Hall–Kier alpha value is -1.02. The minimum atomic E-state index is -3.89. The zero-order valence-electron chi connectivity index (χ0n) is 12.4. The standard InChI is InChI=1S/C14H20FNO4S/c1-14(2)10-16(8-11(20-14)9-19-3)21(17,18)13-7-5-4-6-12(13)15/h4-7,11H,8-10H2,1-3H3. The summed E-state index contributed by atoms with van der Waals surface area (Å²) in [6, 6.07) is 5.39. The van der Waals surface area contributed by atoms with Gasteiger partial charge in [-0.05, 0) is 26.0 Å². The number of morpholine rings is 1. The van der Waals surface area contributed by atoms with Crippen LogP contribution in [0.4, 0.5) is 4.39 Å². The monoisotopic (exact) mass is 317 g/mol. The summed E-state index contributed by atoms with van der Waals surface area (Å²) in [5.41, 5.74) is -0.653. The van der Waals surface area contributed by atoms with E-state index < -0.39 is 21.4 Å². The normalized spacial score (nSPS) is 23.1. The first-order valence-electron chi connectivity index (χ1n) is 6.68. The molecular formula is C14H20FNO4S. The van der Waals surface area contributed by atoms with Gasteiger partial charge in [0.2, 0.25) is 10.0 Å². The number of ether oxygens (including phenoxy) is 2. The van der Waals surface area contributed by atoms with Gasteiger partial charge in [-0.3, -0.25) is 0 Å². The number of halogens is 1. The van der Waals surface area contributed by atoms with E-state index in [0.29, 0.717) is 0 Å². The Morgan fingerprint density at radius 2 is 2.10 bits per heavy atom. The SMILES string of the molecule is COCC1CN(S(=O)(=O)c2ccccc2F)CC(C)(C)O1. The summed E-state index contributed by atoms with van der Waals surface area (Å²) in [4.78, 5) is -0.307. The molecule has 0 spiro atoms. The molecule has 0 saturated carbocycles. The molecule has 1 heterocycles. The molecule has 1 unspecified atom stereocenters. The molecule has 1 saturated heterocycles. The van der Waals surface area contributed by atoms with Gasteiger partial charge in [0.05, 0.1) is 18.3 Å². The van der Waals surface area contributed by atoms with Crippen molar-refractivity contribution in [1.82, 2.24) is 4.31 Å². The lowest BCUT2D eigenvalue weighted by atomic mass is 10.1. The Bertz CT molecular complexity index is 603. The van der Waals surface area contributed by atoms with Gasteiger partial charge in [0, 0.05) is 20.2 Å². The fourth-order valence-electron chi connectivity index (χ4n) is 2.49. The summed E-state index contributed by atoms with van der Waals surface area (Å²) < 4.78 is 51.2. The van der Waals surface area contributed by atoms with E-state index in [1.165, 1.54) is 29.6 Å². The number of benzene rings is 1. The van der Waals surface area contributed by atoms with Crippen LogP contribution in [0.25, 0.3) is 0 Å². The van der Waals surface area contributed by atoms with Crippen LogP contribution in [0.5, 0.6) is 0 Å². The van der Waals surface area contributed by atoms with Gasteiger partial charge in [0.25, 0.3) is 0 Å². The molecule has 0 aliphatic carbocycles. The zero-order valence-corrected chi connectivity index (χ0v) is 13.2. The zero-order chi connectivity index (χ0) is 15.7. The molecule has 0 amide bonds. The Morgan fingerprint density at radius 3 is 2.71 bits per heavy atom. The summed E-state index contributed by atoms with van der Waals surface area (Å²) in [5, 5.41) is 0. The number of hydrogen-bond donors (Lipinski definition) is 0. The quantitative estimate of drug-likeness (QED) is 0.847. The van der Waals surface area contributed by atoms with Gasteiger partial charge in [-0.15, -0.1) is 0 Å². The molecule has 1 atom stereocenters. The van der Waals surface area contributed by atoms with Crippen molar-refractivity contribution in [2.45, 2.75) is 30.4 Å². The number of rotatable bonds is 4. The van der Waals surface area contributed by atoms with Crippen LogP contribution in [0.3, 0.4) is 0 Å². The van der Waals surface area contributed by atoms with Gasteiger partial charge in [-0.25, -0.2) is 12.8 Å². The van der Waals surface area contributed by atoms with Crippen LogP contribution in [0, 0.1) is 5.82 Å². The van der Waals surface area contributed by atoms with Crippen molar-refractivity contribution in [1.29, 1.82) is 0 Å². The van der Waals surface area contributed by atoms with Gasteiger partial charge < -0.3 is 9.47 Å². The molecule has 5 nitrogen and oxygen atoms in total. The lowest BCUT2D eigenvalue weighted by molar-refractivity contribution is -0.135. The van der Waals surface area contributed by atoms with E-state index in [1.54, 1.807) is 13.8 Å². The first-order valence-corrected chi connectivity index (χ1v) is 8.12. The number of methoxy groups -OCH3 is 1. The average Bonchev–Trinajstić information content (AvgIpc) is 2.37. The van der Waals surface area contributed by atoms with Crippen molar-refractivity contribution in [2.75, 3.05) is 26.8 Å². The third-order valence-electron chi connectivity index (χ3n) is 3.26. The second kappa shape index (κ2) is 6.00. The van der Waals surface area contributed by atoms with Gasteiger partial charge in [-0.1, -0.05) is 12.1 Å². The lowest BCUT2D eigenvalue weighted by Gasteiger charge is -2.41. The van der Waals surface area contributed by atoms with Crippen LogP contribution < -0.4 is 0 Å². The third kappa shape index (κ3) is 3.60. The van der Waals surface area contributed by atoms with E-state index in [0.717, 1.165) is 6.07 Å². The third-order valence-corrected chi connectivity index (χ3v) is 5.10. The minimum absolute atomic E-state index is 0.147. The van der Waals surface area contributed by atoms with Crippen molar-refractivity contribution in [2.24, 2.45) is 0 Å². The van der Waals surface area contributed by atoms with Crippen LogP contribution in [0.1, 0.15) is 13.8 Å². The Labute approximate surface area is 124 Å². The molecule has 0 radical (unpaired) electrons. The fourth-order valence-corrected chi connectivity index (χ4v) is 4.18. The molecule has 1 aliphatic heterocycles. The Kier molecular flexibility index (Phi) is 4.67. The molecule has 2 rings (SSSR count). The maximum absolute atomic E-state index is 13.8. The molecule has 1 fully saturated rings. The van der Waals surface area contributed by atoms with Crippen LogP contribution in [0.2, 0.25) is 0 Å². The first-order chi connectivity index (χ1) is 9.76. The van der Waals surface area contributed by atoms with E-state index in [9.17, 15) is 12.8 Å². The maximum Gasteiger partial charge on any atom is 0.246 e. The molecule has 0 aromatic heterocycles. The van der Waals surface area contributed by atoms with E-state index >= 15 is 0 Å². The molecule has 1 aromatic carbocycles. The topological polar surface area (TPSA) is 55.8 Å². The highest BCUT2D eigenvalue weighted by atomic mass is 32.2. The maximum atomic E-state index is 13.8. The molecule has 0 bridgehead atoms. The van der Waals surface area contributed by atoms with Gasteiger partial charge >= 0.3 is 0 Å². The second-order valence-corrected chi connectivity index (χ2v) is 7.59. The van der Waals surface area contributed by atoms with E-state index in [1.807, 2.05) is 0 Å². The molecule has 1 aromatic rings. The number of hydrogen-bond acceptors (Lipinski definition) is 4. The Balaban J connectivity index is 2.33. The smallest absolute Gasteiger partial charge is 0.246 e. The molecule has 0 N–H and O–H groups in total. The molecule has 7 heteroatoms. The van der Waals surface area contributed by atoms with Crippen molar-refractivity contribution < 1.29 is 22.3 Å². The average molecular weight is 317 g/mol. The number of sulfonamides is 1. The van der Waals surface area contributed by atoms with Crippen molar-refractivity contribution in [3.8, 4) is 0 Å². The molecule has 118 valence electrons. The van der Waals surface area contributed by atoms with Crippen LogP contribution >= 0.6 is 0 Å². The van der Waals surface area contributed by atoms with Crippen LogP contribution in [-0.2, 0) is 19.5 Å². The van der Waals surface area contributed by atoms with Crippen molar-refractivity contribution in [3.05, 3.63) is 30.1 Å². The molecule has 1 aliphatic rings. The molecular weight excluding hydrogens is 297 g/mol. The predicted octanol–water partition coefficient (Wildman–Crippen LogP) is 1.64. The summed E-state index contributed by atoms with van der Waals surface area (Å²) in [6.45, 7) is 4.21. The highest BCUT2D eigenvalue weighted by Crippen LogP contribution is 2.27. The highest BCUT2D eigenvalue weighted by Gasteiger charge is 2.40. The second-order valence-electron chi connectivity index (χ2n) is 5.68. The predicted molar refractivity (Wildman–Crippen MR) is 76.0 cm³/mol. The summed E-state index contributed by atoms with van der Waals surface area (Å²) in [5.74, 6) is -0.745. The Morgan fingerprint density at radius 1 is 1.43 bits per heavy atom. The summed E-state index contributed by atoms with van der Waals surface area (Å²) >= 11 is 0. The number of nitrogens with zero attached hydrogens (tertiary/aromatic N) is 1. The fraction of sp³-hybridized carbons (Fsp3) is 0.571. The van der Waals surface area contributed by atoms with Crippen molar-refractivity contribution >= 4 is 10.0 Å².